The quantitative estimate of drug-likeness (QED) is 0.849. The predicted molar refractivity (Wildman–Crippen MR) is 55.2 cm³/mol. The summed E-state index contributed by atoms with van der Waals surface area (Å²) >= 11 is 5.72. The van der Waals surface area contributed by atoms with Gasteiger partial charge in [0.05, 0.1) is 11.0 Å². The number of halogens is 1. The molecule has 1 atom stereocenters. The maximum absolute atomic E-state index is 11.2. The van der Waals surface area contributed by atoms with Gasteiger partial charge in [-0.1, -0.05) is 11.6 Å². The molecule has 5 heteroatoms. The lowest BCUT2D eigenvalue weighted by Gasteiger charge is -2.07. The van der Waals surface area contributed by atoms with Gasteiger partial charge in [-0.05, 0) is 30.7 Å². The van der Waals surface area contributed by atoms with Crippen LogP contribution in [-0.2, 0) is 9.84 Å². The summed E-state index contributed by atoms with van der Waals surface area (Å²) in [4.78, 5) is 0.126. The normalized spacial score (nSPS) is 14.0. The molecule has 1 aromatic rings. The van der Waals surface area contributed by atoms with Gasteiger partial charge >= 0.3 is 0 Å². The maximum Gasteiger partial charge on any atom is 0.175 e. The predicted octanol–water partition coefficient (Wildman–Crippen LogP) is 1.80. The first-order valence-electron chi connectivity index (χ1n) is 3.99. The molecule has 0 bridgehead atoms. The molecule has 78 valence electrons. The lowest BCUT2D eigenvalue weighted by Crippen LogP contribution is -2.00. The third-order valence-corrected chi connectivity index (χ3v) is 3.11. The zero-order valence-corrected chi connectivity index (χ0v) is 9.43. The van der Waals surface area contributed by atoms with E-state index in [0.717, 1.165) is 6.26 Å². The lowest BCUT2D eigenvalue weighted by molar-refractivity contribution is 0.199. The maximum atomic E-state index is 11.2. The van der Waals surface area contributed by atoms with Gasteiger partial charge in [0.25, 0.3) is 0 Å². The Hall–Kier alpha value is -0.580. The summed E-state index contributed by atoms with van der Waals surface area (Å²) in [6.07, 6.45) is 0.374. The number of aliphatic hydroxyl groups is 1. The molecule has 1 unspecified atom stereocenters. The van der Waals surface area contributed by atoms with Crippen LogP contribution in [-0.4, -0.2) is 19.8 Å². The van der Waals surface area contributed by atoms with Gasteiger partial charge in [-0.2, -0.15) is 0 Å². The van der Waals surface area contributed by atoms with Crippen molar-refractivity contribution in [2.45, 2.75) is 17.9 Å². The molecule has 0 aliphatic heterocycles. The van der Waals surface area contributed by atoms with Crippen molar-refractivity contribution in [3.63, 3.8) is 0 Å². The minimum atomic E-state index is -3.28. The molecule has 0 radical (unpaired) electrons. The fourth-order valence-corrected chi connectivity index (χ4v) is 2.04. The average molecular weight is 235 g/mol. The minimum Gasteiger partial charge on any atom is -0.389 e. The second kappa shape index (κ2) is 3.88. The molecule has 14 heavy (non-hydrogen) atoms. The molecule has 0 saturated heterocycles. The van der Waals surface area contributed by atoms with Crippen LogP contribution in [0.1, 0.15) is 18.6 Å². The Labute approximate surface area is 88.2 Å². The van der Waals surface area contributed by atoms with Crippen molar-refractivity contribution >= 4 is 21.4 Å². The number of hydrogen-bond donors (Lipinski definition) is 1. The van der Waals surface area contributed by atoms with Crippen molar-refractivity contribution in [3.8, 4) is 0 Å². The molecular formula is C9H11ClO3S. The van der Waals surface area contributed by atoms with Crippen molar-refractivity contribution in [2.75, 3.05) is 6.26 Å². The highest BCUT2D eigenvalue weighted by Crippen LogP contribution is 2.22. The number of sulfone groups is 1. The Morgan fingerprint density at radius 2 is 1.93 bits per heavy atom. The van der Waals surface area contributed by atoms with Gasteiger partial charge in [0.2, 0.25) is 0 Å². The van der Waals surface area contributed by atoms with E-state index in [1.165, 1.54) is 12.1 Å². The molecular weight excluding hydrogens is 224 g/mol. The number of hydrogen-bond acceptors (Lipinski definition) is 3. The highest BCUT2D eigenvalue weighted by Gasteiger charge is 2.11. The van der Waals surface area contributed by atoms with Crippen molar-refractivity contribution in [3.05, 3.63) is 28.8 Å². The Morgan fingerprint density at radius 3 is 2.36 bits per heavy atom. The van der Waals surface area contributed by atoms with E-state index in [1.807, 2.05) is 0 Å². The van der Waals surface area contributed by atoms with Gasteiger partial charge in [-0.25, -0.2) is 8.42 Å². The van der Waals surface area contributed by atoms with Gasteiger partial charge in [-0.3, -0.25) is 0 Å². The molecule has 0 amide bonds. The highest BCUT2D eigenvalue weighted by atomic mass is 35.5. The zero-order valence-electron chi connectivity index (χ0n) is 7.86. The summed E-state index contributed by atoms with van der Waals surface area (Å²) in [6, 6.07) is 4.33. The van der Waals surface area contributed by atoms with Crippen LogP contribution in [0.15, 0.2) is 23.1 Å². The zero-order chi connectivity index (χ0) is 10.9. The summed E-state index contributed by atoms with van der Waals surface area (Å²) in [7, 11) is -3.28. The van der Waals surface area contributed by atoms with E-state index in [2.05, 4.69) is 0 Å². The van der Waals surface area contributed by atoms with Crippen molar-refractivity contribution in [2.24, 2.45) is 0 Å². The summed E-state index contributed by atoms with van der Waals surface area (Å²) < 4.78 is 22.4. The monoisotopic (exact) mass is 234 g/mol. The Kier molecular flexibility index (Phi) is 3.19. The topological polar surface area (TPSA) is 54.4 Å². The van der Waals surface area contributed by atoms with Crippen LogP contribution in [0.4, 0.5) is 0 Å². The summed E-state index contributed by atoms with van der Waals surface area (Å²) in [5, 5.41) is 9.59. The number of aliphatic hydroxyl groups excluding tert-OH is 1. The molecule has 1 N–H and O–H groups in total. The Morgan fingerprint density at radius 1 is 1.36 bits per heavy atom. The number of rotatable bonds is 2. The Bertz CT molecular complexity index is 437. The van der Waals surface area contributed by atoms with Gasteiger partial charge in [-0.15, -0.1) is 0 Å². The van der Waals surface area contributed by atoms with Crippen LogP contribution >= 0.6 is 11.6 Å². The summed E-state index contributed by atoms with van der Waals surface area (Å²) in [6.45, 7) is 1.55. The molecule has 0 aromatic heterocycles. The van der Waals surface area contributed by atoms with Crippen LogP contribution in [0.3, 0.4) is 0 Å². The molecule has 0 fully saturated rings. The van der Waals surface area contributed by atoms with E-state index < -0.39 is 15.9 Å². The van der Waals surface area contributed by atoms with Crippen molar-refractivity contribution < 1.29 is 13.5 Å². The van der Waals surface area contributed by atoms with Gasteiger partial charge in [0.15, 0.2) is 9.84 Å². The third kappa shape index (κ3) is 2.70. The average Bonchev–Trinajstić information content (AvgIpc) is 2.01. The lowest BCUT2D eigenvalue weighted by atomic mass is 10.1. The van der Waals surface area contributed by atoms with E-state index in [1.54, 1.807) is 13.0 Å². The second-order valence-electron chi connectivity index (χ2n) is 3.17. The third-order valence-electron chi connectivity index (χ3n) is 1.80. The summed E-state index contributed by atoms with van der Waals surface area (Å²) in [5.41, 5.74) is 0.498. The van der Waals surface area contributed by atoms with Crippen LogP contribution in [0.2, 0.25) is 5.02 Å². The molecule has 1 aromatic carbocycles. The van der Waals surface area contributed by atoms with Crippen LogP contribution in [0, 0.1) is 0 Å². The van der Waals surface area contributed by atoms with E-state index in [4.69, 9.17) is 11.6 Å². The molecule has 0 aliphatic rings. The van der Waals surface area contributed by atoms with Gasteiger partial charge < -0.3 is 5.11 Å². The van der Waals surface area contributed by atoms with Crippen molar-refractivity contribution in [1.82, 2.24) is 0 Å². The van der Waals surface area contributed by atoms with E-state index in [-0.39, 0.29) is 4.90 Å². The molecule has 0 heterocycles. The van der Waals surface area contributed by atoms with Crippen LogP contribution in [0.5, 0.6) is 0 Å². The molecule has 0 saturated carbocycles. The SMILES string of the molecule is CC(O)c1cc(Cl)cc(S(C)(=O)=O)c1. The largest absolute Gasteiger partial charge is 0.389 e. The fourth-order valence-electron chi connectivity index (χ4n) is 1.04. The van der Waals surface area contributed by atoms with Crippen molar-refractivity contribution in [1.29, 1.82) is 0 Å². The van der Waals surface area contributed by atoms with Crippen LogP contribution < -0.4 is 0 Å². The van der Waals surface area contributed by atoms with Gasteiger partial charge in [0.1, 0.15) is 0 Å². The highest BCUT2D eigenvalue weighted by molar-refractivity contribution is 7.90. The van der Waals surface area contributed by atoms with E-state index >= 15 is 0 Å². The first-order valence-corrected chi connectivity index (χ1v) is 6.26. The van der Waals surface area contributed by atoms with E-state index in [9.17, 15) is 13.5 Å². The van der Waals surface area contributed by atoms with Crippen LogP contribution in [0.25, 0.3) is 0 Å². The minimum absolute atomic E-state index is 0.126. The fraction of sp³-hybridized carbons (Fsp3) is 0.333. The number of benzene rings is 1. The van der Waals surface area contributed by atoms with Gasteiger partial charge in [0, 0.05) is 11.3 Å². The first kappa shape index (κ1) is 11.5. The standard InChI is InChI=1S/C9H11ClO3S/c1-6(11)7-3-8(10)5-9(4-7)14(2,12)13/h3-6,11H,1-2H3. The Balaban J connectivity index is 3.35. The summed E-state index contributed by atoms with van der Waals surface area (Å²) in [5.74, 6) is 0. The second-order valence-corrected chi connectivity index (χ2v) is 5.62. The first-order chi connectivity index (χ1) is 6.30. The molecule has 3 nitrogen and oxygen atoms in total. The smallest absolute Gasteiger partial charge is 0.175 e. The molecule has 0 spiro atoms. The van der Waals surface area contributed by atoms with E-state index in [0.29, 0.717) is 10.6 Å². The molecule has 1 rings (SSSR count). The molecule has 0 aliphatic carbocycles.